The summed E-state index contributed by atoms with van der Waals surface area (Å²) in [4.78, 5) is 25.6. The van der Waals surface area contributed by atoms with E-state index in [1.54, 1.807) is 13.0 Å². The van der Waals surface area contributed by atoms with E-state index >= 15 is 0 Å². The van der Waals surface area contributed by atoms with Crippen molar-refractivity contribution in [2.24, 2.45) is 0 Å². The minimum atomic E-state index is -0.304. The van der Waals surface area contributed by atoms with Crippen LogP contribution in [0.5, 0.6) is 5.75 Å². The van der Waals surface area contributed by atoms with Crippen LogP contribution in [0.15, 0.2) is 22.8 Å². The number of anilines is 1. The van der Waals surface area contributed by atoms with Crippen LogP contribution < -0.4 is 15.4 Å². The van der Waals surface area contributed by atoms with E-state index in [4.69, 9.17) is 25.8 Å². The molecule has 1 atom stereocenters. The van der Waals surface area contributed by atoms with Gasteiger partial charge in [-0.15, -0.1) is 11.8 Å². The van der Waals surface area contributed by atoms with Gasteiger partial charge in [0.1, 0.15) is 16.4 Å². The van der Waals surface area contributed by atoms with Crippen LogP contribution in [-0.4, -0.2) is 50.5 Å². The summed E-state index contributed by atoms with van der Waals surface area (Å²) in [5.41, 5.74) is 0.667. The van der Waals surface area contributed by atoms with Crippen molar-refractivity contribution in [1.82, 2.24) is 5.32 Å². The quantitative estimate of drug-likeness (QED) is 0.726. The Morgan fingerprint density at radius 2 is 2.14 bits per heavy atom. The molecule has 0 unspecified atom stereocenters. The molecule has 2 amide bonds. The number of rotatable bonds is 6. The largest absolute Gasteiger partial charge is 0.496 e. The first-order chi connectivity index (χ1) is 13.5. The summed E-state index contributed by atoms with van der Waals surface area (Å²) in [6.45, 7) is 3.49. The van der Waals surface area contributed by atoms with Gasteiger partial charge in [-0.05, 0) is 25.8 Å². The predicted molar refractivity (Wildman–Crippen MR) is 109 cm³/mol. The summed E-state index contributed by atoms with van der Waals surface area (Å²) >= 11 is 7.75. The normalized spacial score (nSPS) is 19.2. The monoisotopic (exact) mass is 426 g/mol. The van der Waals surface area contributed by atoms with Gasteiger partial charge in [0.25, 0.3) is 11.8 Å². The zero-order valence-corrected chi connectivity index (χ0v) is 17.4. The van der Waals surface area contributed by atoms with E-state index < -0.39 is 0 Å². The summed E-state index contributed by atoms with van der Waals surface area (Å²) in [6.07, 6.45) is 1.97. The number of nitrogens with one attached hydrogen (secondary N) is 2. The molecule has 1 saturated heterocycles. The third kappa shape index (κ3) is 4.92. The van der Waals surface area contributed by atoms with Gasteiger partial charge in [-0.25, -0.2) is 0 Å². The second-order valence-corrected chi connectivity index (χ2v) is 7.93. The first-order valence-electron chi connectivity index (χ1n) is 9.04. The van der Waals surface area contributed by atoms with E-state index in [9.17, 15) is 9.59 Å². The van der Waals surface area contributed by atoms with Gasteiger partial charge in [0, 0.05) is 25.0 Å². The van der Waals surface area contributed by atoms with Crippen LogP contribution >= 0.6 is 23.4 Å². The highest BCUT2D eigenvalue weighted by atomic mass is 35.5. The number of thioether (sulfide) groups is 1. The third-order valence-electron chi connectivity index (χ3n) is 4.47. The number of hydrogen-bond donors (Lipinski definition) is 2. The fourth-order valence-electron chi connectivity index (χ4n) is 3.01. The second kappa shape index (κ2) is 9.54. The molecule has 7 nitrogen and oxygen atoms in total. The Morgan fingerprint density at radius 3 is 2.82 bits per heavy atom. The van der Waals surface area contributed by atoms with Gasteiger partial charge in [0.2, 0.25) is 0 Å². The molecule has 0 spiro atoms. The SMILES string of the molecule is COc1cc(NC(=O)C2=C(C)OCCS2)c(Cl)cc1C(=O)NC[C@H]1CCCO1. The van der Waals surface area contributed by atoms with E-state index in [-0.39, 0.29) is 22.9 Å². The number of benzene rings is 1. The maximum atomic E-state index is 12.5. The van der Waals surface area contributed by atoms with Gasteiger partial charge < -0.3 is 24.8 Å². The smallest absolute Gasteiger partial charge is 0.265 e. The van der Waals surface area contributed by atoms with Crippen LogP contribution in [0, 0.1) is 0 Å². The molecule has 1 aromatic rings. The minimum Gasteiger partial charge on any atom is -0.496 e. The topological polar surface area (TPSA) is 85.9 Å². The van der Waals surface area contributed by atoms with E-state index in [1.807, 2.05) is 0 Å². The molecule has 28 heavy (non-hydrogen) atoms. The van der Waals surface area contributed by atoms with Gasteiger partial charge in [-0.3, -0.25) is 9.59 Å². The molecule has 152 valence electrons. The second-order valence-electron chi connectivity index (χ2n) is 6.41. The van der Waals surface area contributed by atoms with E-state index in [0.717, 1.165) is 19.4 Å². The van der Waals surface area contributed by atoms with Crippen molar-refractivity contribution < 1.29 is 23.8 Å². The maximum Gasteiger partial charge on any atom is 0.265 e. The van der Waals surface area contributed by atoms with E-state index in [2.05, 4.69) is 10.6 Å². The number of allylic oxidation sites excluding steroid dienone is 1. The van der Waals surface area contributed by atoms with Gasteiger partial charge in [-0.2, -0.15) is 0 Å². The van der Waals surface area contributed by atoms with Crippen molar-refractivity contribution in [2.45, 2.75) is 25.9 Å². The molecule has 0 radical (unpaired) electrons. The Morgan fingerprint density at radius 1 is 1.32 bits per heavy atom. The van der Waals surface area contributed by atoms with Crippen LogP contribution in [0.4, 0.5) is 5.69 Å². The molecule has 2 aliphatic rings. The lowest BCUT2D eigenvalue weighted by Crippen LogP contribution is -2.32. The zero-order chi connectivity index (χ0) is 20.1. The highest BCUT2D eigenvalue weighted by molar-refractivity contribution is 8.04. The summed E-state index contributed by atoms with van der Waals surface area (Å²) < 4.78 is 16.3. The number of ether oxygens (including phenoxy) is 3. The number of amides is 2. The summed E-state index contributed by atoms with van der Waals surface area (Å²) in [5, 5.41) is 5.86. The van der Waals surface area contributed by atoms with E-state index in [0.29, 0.717) is 46.6 Å². The molecular weight excluding hydrogens is 404 g/mol. The molecule has 0 aliphatic carbocycles. The van der Waals surface area contributed by atoms with Gasteiger partial charge in [-0.1, -0.05) is 11.6 Å². The Hall–Kier alpha value is -1.90. The number of hydrogen-bond acceptors (Lipinski definition) is 6. The Bertz CT molecular complexity index is 793. The lowest BCUT2D eigenvalue weighted by Gasteiger charge is -2.19. The van der Waals surface area contributed by atoms with E-state index in [1.165, 1.54) is 24.9 Å². The van der Waals surface area contributed by atoms with Crippen molar-refractivity contribution in [3.8, 4) is 5.75 Å². The lowest BCUT2D eigenvalue weighted by molar-refractivity contribution is -0.112. The van der Waals surface area contributed by atoms with Crippen molar-refractivity contribution in [1.29, 1.82) is 0 Å². The average Bonchev–Trinajstić information content (AvgIpc) is 3.21. The van der Waals surface area contributed by atoms with Gasteiger partial charge in [0.05, 0.1) is 36.1 Å². The number of carbonyl (C=O) groups is 2. The molecule has 2 aliphatic heterocycles. The molecule has 3 rings (SSSR count). The van der Waals surface area contributed by atoms with Crippen LogP contribution in [-0.2, 0) is 14.3 Å². The molecule has 2 N–H and O–H groups in total. The minimum absolute atomic E-state index is 0.0377. The molecule has 1 aromatic carbocycles. The lowest BCUT2D eigenvalue weighted by atomic mass is 10.1. The van der Waals surface area contributed by atoms with Crippen molar-refractivity contribution in [3.63, 3.8) is 0 Å². The van der Waals surface area contributed by atoms with Crippen LogP contribution in [0.25, 0.3) is 0 Å². The predicted octanol–water partition coefficient (Wildman–Crippen LogP) is 3.19. The summed E-state index contributed by atoms with van der Waals surface area (Å²) in [7, 11) is 1.46. The first-order valence-corrected chi connectivity index (χ1v) is 10.4. The standard InChI is InChI=1S/C19H23ClN2O5S/c1-11-17(28-7-6-26-11)19(24)22-15-9-16(25-2)13(8-14(15)20)18(23)21-10-12-4-3-5-27-12/h8-9,12H,3-7,10H2,1-2H3,(H,21,23)(H,22,24)/t12-/m1/s1. The van der Waals surface area contributed by atoms with Gasteiger partial charge in [0.15, 0.2) is 0 Å². The molecule has 0 saturated carbocycles. The molecule has 0 aromatic heterocycles. The molecule has 9 heteroatoms. The fourth-order valence-corrected chi connectivity index (χ4v) is 4.04. The van der Waals surface area contributed by atoms with Crippen molar-refractivity contribution in [3.05, 3.63) is 33.4 Å². The number of halogens is 1. The van der Waals surface area contributed by atoms with Crippen LogP contribution in [0.1, 0.15) is 30.1 Å². The number of methoxy groups -OCH3 is 1. The fraction of sp³-hybridized carbons (Fsp3) is 0.474. The average molecular weight is 427 g/mol. The molecule has 2 heterocycles. The Balaban J connectivity index is 1.73. The van der Waals surface area contributed by atoms with Crippen molar-refractivity contribution in [2.75, 3.05) is 37.9 Å². The Kier molecular flexibility index (Phi) is 7.09. The van der Waals surface area contributed by atoms with Crippen molar-refractivity contribution >= 4 is 40.9 Å². The molecule has 0 bridgehead atoms. The van der Waals surface area contributed by atoms with Gasteiger partial charge >= 0.3 is 0 Å². The highest BCUT2D eigenvalue weighted by Crippen LogP contribution is 2.33. The maximum absolute atomic E-state index is 12.5. The molecule has 1 fully saturated rings. The summed E-state index contributed by atoms with van der Waals surface area (Å²) in [5.74, 6) is 1.01. The third-order valence-corrected chi connectivity index (χ3v) is 5.92. The Labute approximate surface area is 173 Å². The molecular formula is C19H23ClN2O5S. The zero-order valence-electron chi connectivity index (χ0n) is 15.8. The number of carbonyl (C=O) groups excluding carboxylic acids is 2. The highest BCUT2D eigenvalue weighted by Gasteiger charge is 2.23. The summed E-state index contributed by atoms with van der Waals surface area (Å²) in [6, 6.07) is 3.04. The van der Waals surface area contributed by atoms with Crippen LogP contribution in [0.3, 0.4) is 0 Å². The van der Waals surface area contributed by atoms with Crippen LogP contribution in [0.2, 0.25) is 5.02 Å². The first kappa shape index (κ1) is 20.8.